The van der Waals surface area contributed by atoms with Crippen molar-refractivity contribution in [2.75, 3.05) is 6.54 Å². The minimum absolute atomic E-state index is 0.141. The van der Waals surface area contributed by atoms with E-state index in [1.54, 1.807) is 0 Å². The Kier molecular flexibility index (Phi) is 2.46. The molecule has 1 aliphatic heterocycles. The van der Waals surface area contributed by atoms with Crippen molar-refractivity contribution in [3.05, 3.63) is 34.3 Å². The largest absolute Gasteiger partial charge is 0.355 e. The molecule has 1 heterocycles. The molecule has 1 aliphatic rings. The fourth-order valence-corrected chi connectivity index (χ4v) is 1.88. The molecule has 14 heavy (non-hydrogen) atoms. The summed E-state index contributed by atoms with van der Waals surface area (Å²) in [5.74, 6) is 0.459. The molecule has 2 nitrogen and oxygen atoms in total. The van der Waals surface area contributed by atoms with Crippen LogP contribution in [0, 0.1) is 6.92 Å². The molecule has 0 bridgehead atoms. The highest BCUT2D eigenvalue weighted by molar-refractivity contribution is 6.31. The second-order valence-corrected chi connectivity index (χ2v) is 4.12. The van der Waals surface area contributed by atoms with Crippen LogP contribution in [-0.2, 0) is 4.79 Å². The van der Waals surface area contributed by atoms with E-state index in [1.807, 2.05) is 19.1 Å². The lowest BCUT2D eigenvalue weighted by molar-refractivity contribution is -0.119. The van der Waals surface area contributed by atoms with Crippen LogP contribution in [0.25, 0.3) is 0 Å². The Morgan fingerprint density at radius 2 is 2.29 bits per heavy atom. The summed E-state index contributed by atoms with van der Waals surface area (Å²) in [5.41, 5.74) is 2.27. The van der Waals surface area contributed by atoms with Gasteiger partial charge in [-0.25, -0.2) is 0 Å². The number of carbonyl (C=O) groups is 1. The number of halogens is 1. The minimum atomic E-state index is 0.141. The summed E-state index contributed by atoms with van der Waals surface area (Å²) in [7, 11) is 0. The van der Waals surface area contributed by atoms with Gasteiger partial charge in [0.1, 0.15) is 0 Å². The third kappa shape index (κ3) is 1.75. The molecule has 1 saturated heterocycles. The van der Waals surface area contributed by atoms with Crippen molar-refractivity contribution in [3.8, 4) is 0 Å². The first-order valence-electron chi connectivity index (χ1n) is 4.69. The molecule has 1 N–H and O–H groups in total. The summed E-state index contributed by atoms with van der Waals surface area (Å²) in [6.45, 7) is 2.73. The van der Waals surface area contributed by atoms with Gasteiger partial charge in [0.15, 0.2) is 0 Å². The fraction of sp³-hybridized carbons (Fsp3) is 0.364. The highest BCUT2D eigenvalue weighted by Crippen LogP contribution is 2.26. The maximum absolute atomic E-state index is 11.0. The molecule has 0 saturated carbocycles. The molecule has 1 aromatic carbocycles. The Balaban J connectivity index is 2.24. The van der Waals surface area contributed by atoms with Crippen LogP contribution in [0.1, 0.15) is 23.5 Å². The first-order valence-corrected chi connectivity index (χ1v) is 5.07. The van der Waals surface area contributed by atoms with Crippen molar-refractivity contribution in [3.63, 3.8) is 0 Å². The predicted molar refractivity (Wildman–Crippen MR) is 56.6 cm³/mol. The van der Waals surface area contributed by atoms with Gasteiger partial charge in [0, 0.05) is 23.9 Å². The van der Waals surface area contributed by atoms with Crippen LogP contribution in [0.4, 0.5) is 0 Å². The first-order chi connectivity index (χ1) is 6.66. The van der Waals surface area contributed by atoms with Crippen LogP contribution in [0.3, 0.4) is 0 Å². The first kappa shape index (κ1) is 9.53. The van der Waals surface area contributed by atoms with E-state index in [1.165, 1.54) is 5.56 Å². The second-order valence-electron chi connectivity index (χ2n) is 3.71. The van der Waals surface area contributed by atoms with Crippen molar-refractivity contribution in [1.82, 2.24) is 5.32 Å². The van der Waals surface area contributed by atoms with E-state index >= 15 is 0 Å². The summed E-state index contributed by atoms with van der Waals surface area (Å²) in [4.78, 5) is 11.0. The van der Waals surface area contributed by atoms with Crippen LogP contribution in [-0.4, -0.2) is 12.5 Å². The van der Waals surface area contributed by atoms with Crippen molar-refractivity contribution < 1.29 is 4.79 Å². The van der Waals surface area contributed by atoms with Gasteiger partial charge >= 0.3 is 0 Å². The number of carbonyl (C=O) groups excluding carboxylic acids is 1. The lowest BCUT2D eigenvalue weighted by atomic mass is 9.97. The molecule has 0 aliphatic carbocycles. The van der Waals surface area contributed by atoms with Gasteiger partial charge in [-0.2, -0.15) is 0 Å². The number of benzene rings is 1. The monoisotopic (exact) mass is 209 g/mol. The molecule has 0 unspecified atom stereocenters. The maximum Gasteiger partial charge on any atom is 0.220 e. The van der Waals surface area contributed by atoms with E-state index in [4.69, 9.17) is 11.6 Å². The van der Waals surface area contributed by atoms with E-state index in [0.29, 0.717) is 12.3 Å². The highest BCUT2D eigenvalue weighted by atomic mass is 35.5. The lowest BCUT2D eigenvalue weighted by Gasteiger charge is -2.09. The Morgan fingerprint density at radius 1 is 1.50 bits per heavy atom. The Bertz CT molecular complexity index is 376. The summed E-state index contributed by atoms with van der Waals surface area (Å²) in [6, 6.07) is 5.96. The topological polar surface area (TPSA) is 29.1 Å². The van der Waals surface area contributed by atoms with Crippen molar-refractivity contribution in [2.24, 2.45) is 0 Å². The van der Waals surface area contributed by atoms with Gasteiger partial charge in [-0.15, -0.1) is 0 Å². The zero-order chi connectivity index (χ0) is 10.1. The van der Waals surface area contributed by atoms with E-state index in [9.17, 15) is 4.79 Å². The number of amides is 1. The van der Waals surface area contributed by atoms with Gasteiger partial charge in [0.25, 0.3) is 0 Å². The number of hydrogen-bond acceptors (Lipinski definition) is 1. The maximum atomic E-state index is 11.0. The van der Waals surface area contributed by atoms with Gasteiger partial charge in [-0.1, -0.05) is 23.7 Å². The minimum Gasteiger partial charge on any atom is -0.355 e. The second kappa shape index (κ2) is 3.62. The molecule has 1 aromatic rings. The molecule has 0 aromatic heterocycles. The SMILES string of the molecule is Cc1cc([C@@H]2CNC(=O)C2)ccc1Cl. The Labute approximate surface area is 88.3 Å². The molecule has 1 atom stereocenters. The standard InChI is InChI=1S/C11H12ClNO/c1-7-4-8(2-3-10(7)12)9-5-11(14)13-6-9/h2-4,9H,5-6H2,1H3,(H,13,14)/t9-/m0/s1. The normalized spacial score (nSPS) is 21.0. The third-order valence-electron chi connectivity index (χ3n) is 2.63. The summed E-state index contributed by atoms with van der Waals surface area (Å²) < 4.78 is 0. The third-order valence-corrected chi connectivity index (χ3v) is 3.05. The van der Waals surface area contributed by atoms with E-state index in [-0.39, 0.29) is 5.91 Å². The number of nitrogens with one attached hydrogen (secondary N) is 1. The summed E-state index contributed by atoms with van der Waals surface area (Å²) in [5, 5.41) is 3.61. The molecular weight excluding hydrogens is 198 g/mol. The summed E-state index contributed by atoms with van der Waals surface area (Å²) in [6.07, 6.45) is 0.598. The number of aryl methyl sites for hydroxylation is 1. The quantitative estimate of drug-likeness (QED) is 0.755. The predicted octanol–water partition coefficient (Wildman–Crippen LogP) is 2.25. The van der Waals surface area contributed by atoms with Crippen LogP contribution < -0.4 is 5.32 Å². The average molecular weight is 210 g/mol. The van der Waals surface area contributed by atoms with E-state index < -0.39 is 0 Å². The molecule has 3 heteroatoms. The zero-order valence-corrected chi connectivity index (χ0v) is 8.77. The average Bonchev–Trinajstić information content (AvgIpc) is 2.57. The van der Waals surface area contributed by atoms with Crippen molar-refractivity contribution in [1.29, 1.82) is 0 Å². The van der Waals surface area contributed by atoms with E-state index in [2.05, 4.69) is 11.4 Å². The molecule has 2 rings (SSSR count). The van der Waals surface area contributed by atoms with Crippen LogP contribution in [0.15, 0.2) is 18.2 Å². The van der Waals surface area contributed by atoms with Gasteiger partial charge in [-0.3, -0.25) is 4.79 Å². The zero-order valence-electron chi connectivity index (χ0n) is 8.01. The fourth-order valence-electron chi connectivity index (χ4n) is 1.76. The van der Waals surface area contributed by atoms with Crippen molar-refractivity contribution in [2.45, 2.75) is 19.3 Å². The molecular formula is C11H12ClNO. The number of rotatable bonds is 1. The molecule has 74 valence electrons. The van der Waals surface area contributed by atoms with Crippen LogP contribution in [0.5, 0.6) is 0 Å². The van der Waals surface area contributed by atoms with Gasteiger partial charge < -0.3 is 5.32 Å². The molecule has 1 amide bonds. The Morgan fingerprint density at radius 3 is 2.86 bits per heavy atom. The van der Waals surface area contributed by atoms with Gasteiger partial charge in [0.05, 0.1) is 0 Å². The molecule has 1 fully saturated rings. The highest BCUT2D eigenvalue weighted by Gasteiger charge is 2.22. The van der Waals surface area contributed by atoms with Crippen LogP contribution in [0.2, 0.25) is 5.02 Å². The Hall–Kier alpha value is -1.02. The van der Waals surface area contributed by atoms with Crippen LogP contribution >= 0.6 is 11.6 Å². The molecule has 0 spiro atoms. The summed E-state index contributed by atoms with van der Waals surface area (Å²) >= 11 is 5.93. The van der Waals surface area contributed by atoms with Crippen molar-refractivity contribution >= 4 is 17.5 Å². The smallest absolute Gasteiger partial charge is 0.220 e. The number of hydrogen-bond donors (Lipinski definition) is 1. The lowest BCUT2D eigenvalue weighted by Crippen LogP contribution is -2.13. The van der Waals surface area contributed by atoms with Gasteiger partial charge in [-0.05, 0) is 24.1 Å². The molecule has 0 radical (unpaired) electrons. The van der Waals surface area contributed by atoms with E-state index in [0.717, 1.165) is 17.1 Å². The van der Waals surface area contributed by atoms with Gasteiger partial charge in [0.2, 0.25) is 5.91 Å².